The number of benzene rings is 2. The zero-order valence-corrected chi connectivity index (χ0v) is 14.3. The minimum atomic E-state index is -0.491. The fourth-order valence-electron chi connectivity index (χ4n) is 2.94. The van der Waals surface area contributed by atoms with Crippen LogP contribution < -0.4 is 16.0 Å². The van der Waals surface area contributed by atoms with E-state index in [1.807, 2.05) is 0 Å². The van der Waals surface area contributed by atoms with Crippen LogP contribution in [0, 0.1) is 5.82 Å². The number of hydrogen-bond acceptors (Lipinski definition) is 3. The minimum absolute atomic E-state index is 0.146. The lowest BCUT2D eigenvalue weighted by atomic mass is 10.2. The Morgan fingerprint density at radius 1 is 1.12 bits per heavy atom. The van der Waals surface area contributed by atoms with E-state index >= 15 is 0 Å². The molecule has 0 aliphatic heterocycles. The number of para-hydroxylation sites is 1. The average Bonchev–Trinajstić information content (AvgIpc) is 2.58. The predicted octanol–water partition coefficient (Wildman–Crippen LogP) is 2.94. The third-order valence-electron chi connectivity index (χ3n) is 4.15. The second-order valence-corrected chi connectivity index (χ2v) is 6.12. The van der Waals surface area contributed by atoms with Crippen molar-refractivity contribution in [3.63, 3.8) is 0 Å². The van der Waals surface area contributed by atoms with Crippen LogP contribution in [0.15, 0.2) is 52.1 Å². The van der Waals surface area contributed by atoms with E-state index in [1.54, 1.807) is 44.2 Å². The maximum atomic E-state index is 14.0. The number of hydrogen-bond donors (Lipinski definition) is 0. The lowest BCUT2D eigenvalue weighted by molar-refractivity contribution is 0.386. The normalized spacial score (nSPS) is 11.2. The molecule has 0 saturated carbocycles. The standard InChI is InChI=1S/C19H19FN2O3/c1-12(2)22-18(23)14-6-4-5-7-16(14)21(19(22)24)11-13-8-9-17(25-3)15(20)10-13/h4-10,12H,11H2,1-3H3. The molecule has 0 amide bonds. The van der Waals surface area contributed by atoms with Crippen molar-refractivity contribution < 1.29 is 9.13 Å². The van der Waals surface area contributed by atoms with E-state index in [-0.39, 0.29) is 23.9 Å². The maximum absolute atomic E-state index is 14.0. The molecule has 0 saturated heterocycles. The van der Waals surface area contributed by atoms with Gasteiger partial charge in [0.25, 0.3) is 5.56 Å². The number of aromatic nitrogens is 2. The van der Waals surface area contributed by atoms with E-state index < -0.39 is 11.5 Å². The van der Waals surface area contributed by atoms with Crippen LogP contribution in [0.4, 0.5) is 4.39 Å². The van der Waals surface area contributed by atoms with Crippen molar-refractivity contribution in [3.05, 3.63) is 74.7 Å². The molecule has 3 aromatic rings. The lowest BCUT2D eigenvalue weighted by Crippen LogP contribution is -2.41. The van der Waals surface area contributed by atoms with Crippen molar-refractivity contribution >= 4 is 10.9 Å². The van der Waals surface area contributed by atoms with Crippen LogP contribution in [0.2, 0.25) is 0 Å². The number of ether oxygens (including phenoxy) is 1. The molecule has 1 aromatic heterocycles. The first-order valence-electron chi connectivity index (χ1n) is 8.00. The fraction of sp³-hybridized carbons (Fsp3) is 0.263. The summed E-state index contributed by atoms with van der Waals surface area (Å²) in [5.41, 5.74) is 0.424. The Morgan fingerprint density at radius 3 is 2.48 bits per heavy atom. The van der Waals surface area contributed by atoms with Gasteiger partial charge in [-0.1, -0.05) is 18.2 Å². The molecule has 0 atom stereocenters. The number of nitrogens with zero attached hydrogens (tertiary/aromatic N) is 2. The zero-order chi connectivity index (χ0) is 18.1. The summed E-state index contributed by atoms with van der Waals surface area (Å²) < 4.78 is 21.6. The molecular weight excluding hydrogens is 323 g/mol. The van der Waals surface area contributed by atoms with Crippen molar-refractivity contribution in [2.24, 2.45) is 0 Å². The topological polar surface area (TPSA) is 53.2 Å². The van der Waals surface area contributed by atoms with Crippen molar-refractivity contribution in [1.29, 1.82) is 0 Å². The molecule has 0 aliphatic rings. The summed E-state index contributed by atoms with van der Waals surface area (Å²) in [6.45, 7) is 3.73. The Hall–Kier alpha value is -2.89. The van der Waals surface area contributed by atoms with Gasteiger partial charge in [0.15, 0.2) is 11.6 Å². The molecule has 1 heterocycles. The highest BCUT2D eigenvalue weighted by Crippen LogP contribution is 2.19. The first kappa shape index (κ1) is 17.0. The molecule has 0 bridgehead atoms. The molecule has 0 aliphatic carbocycles. The highest BCUT2D eigenvalue weighted by molar-refractivity contribution is 5.77. The van der Waals surface area contributed by atoms with Crippen LogP contribution in [-0.4, -0.2) is 16.2 Å². The molecule has 6 heteroatoms. The molecule has 0 fully saturated rings. The fourth-order valence-corrected chi connectivity index (χ4v) is 2.94. The van der Waals surface area contributed by atoms with Gasteiger partial charge in [-0.15, -0.1) is 0 Å². The van der Waals surface area contributed by atoms with Crippen LogP contribution in [0.25, 0.3) is 10.9 Å². The van der Waals surface area contributed by atoms with Crippen molar-refractivity contribution in [2.75, 3.05) is 7.11 Å². The Morgan fingerprint density at radius 2 is 1.84 bits per heavy atom. The minimum Gasteiger partial charge on any atom is -0.494 e. The van der Waals surface area contributed by atoms with E-state index in [9.17, 15) is 14.0 Å². The van der Waals surface area contributed by atoms with E-state index in [1.165, 1.54) is 28.4 Å². The predicted molar refractivity (Wildman–Crippen MR) is 94.9 cm³/mol. The molecule has 5 nitrogen and oxygen atoms in total. The monoisotopic (exact) mass is 342 g/mol. The summed E-state index contributed by atoms with van der Waals surface area (Å²) in [6.07, 6.45) is 0. The van der Waals surface area contributed by atoms with E-state index in [2.05, 4.69) is 0 Å². The van der Waals surface area contributed by atoms with Crippen molar-refractivity contribution in [3.8, 4) is 5.75 Å². The van der Waals surface area contributed by atoms with Crippen LogP contribution in [0.1, 0.15) is 25.5 Å². The van der Waals surface area contributed by atoms with Gasteiger partial charge in [-0.05, 0) is 43.7 Å². The summed E-state index contributed by atoms with van der Waals surface area (Å²) in [4.78, 5) is 25.5. The highest BCUT2D eigenvalue weighted by Gasteiger charge is 2.15. The second-order valence-electron chi connectivity index (χ2n) is 6.12. The highest BCUT2D eigenvalue weighted by atomic mass is 19.1. The molecule has 2 aromatic carbocycles. The van der Waals surface area contributed by atoms with Gasteiger partial charge in [-0.2, -0.15) is 0 Å². The summed E-state index contributed by atoms with van der Waals surface area (Å²) in [5, 5.41) is 0.463. The van der Waals surface area contributed by atoms with Gasteiger partial charge in [-0.3, -0.25) is 13.9 Å². The number of fused-ring (bicyclic) bond motifs is 1. The third kappa shape index (κ3) is 2.95. The summed E-state index contributed by atoms with van der Waals surface area (Å²) in [5.74, 6) is -0.345. The van der Waals surface area contributed by atoms with Gasteiger partial charge < -0.3 is 4.74 Å². The molecule has 0 unspecified atom stereocenters. The quantitative estimate of drug-likeness (QED) is 0.732. The van der Waals surface area contributed by atoms with Gasteiger partial charge in [0.05, 0.1) is 24.6 Å². The maximum Gasteiger partial charge on any atom is 0.332 e. The summed E-state index contributed by atoms with van der Waals surface area (Å²) in [6, 6.07) is 11.2. The molecular formula is C19H19FN2O3. The Labute approximate surface area is 143 Å². The Kier molecular flexibility index (Phi) is 4.44. The third-order valence-corrected chi connectivity index (χ3v) is 4.15. The Balaban J connectivity index is 2.24. The summed E-state index contributed by atoms with van der Waals surface area (Å²) in [7, 11) is 1.40. The Bertz CT molecular complexity index is 1050. The number of halogens is 1. The van der Waals surface area contributed by atoms with Gasteiger partial charge in [0.2, 0.25) is 0 Å². The van der Waals surface area contributed by atoms with Crippen LogP contribution in [0.5, 0.6) is 5.75 Å². The van der Waals surface area contributed by atoms with E-state index in [0.29, 0.717) is 16.5 Å². The molecule has 0 radical (unpaired) electrons. The van der Waals surface area contributed by atoms with Gasteiger partial charge in [0.1, 0.15) is 0 Å². The van der Waals surface area contributed by atoms with Crippen molar-refractivity contribution in [2.45, 2.75) is 26.4 Å². The largest absolute Gasteiger partial charge is 0.494 e. The lowest BCUT2D eigenvalue weighted by Gasteiger charge is -2.16. The first-order valence-corrected chi connectivity index (χ1v) is 8.00. The number of methoxy groups -OCH3 is 1. The van der Waals surface area contributed by atoms with Crippen LogP contribution >= 0.6 is 0 Å². The van der Waals surface area contributed by atoms with E-state index in [0.717, 1.165) is 0 Å². The first-order chi connectivity index (χ1) is 11.9. The number of rotatable bonds is 4. The smallest absolute Gasteiger partial charge is 0.332 e. The second kappa shape index (κ2) is 6.55. The summed E-state index contributed by atoms with van der Waals surface area (Å²) >= 11 is 0. The molecule has 25 heavy (non-hydrogen) atoms. The van der Waals surface area contributed by atoms with Crippen LogP contribution in [-0.2, 0) is 6.54 Å². The van der Waals surface area contributed by atoms with Crippen molar-refractivity contribution in [1.82, 2.24) is 9.13 Å². The van der Waals surface area contributed by atoms with Gasteiger partial charge in [0, 0.05) is 6.04 Å². The molecule has 130 valence electrons. The van der Waals surface area contributed by atoms with Crippen LogP contribution in [0.3, 0.4) is 0 Å². The molecule has 3 rings (SSSR count). The van der Waals surface area contributed by atoms with Gasteiger partial charge in [-0.25, -0.2) is 9.18 Å². The SMILES string of the molecule is COc1ccc(Cn2c(=O)n(C(C)C)c(=O)c3ccccc32)cc1F. The van der Waals surface area contributed by atoms with Gasteiger partial charge >= 0.3 is 5.69 Å². The molecule has 0 spiro atoms. The average molecular weight is 342 g/mol. The van der Waals surface area contributed by atoms with E-state index in [4.69, 9.17) is 4.74 Å². The zero-order valence-electron chi connectivity index (χ0n) is 14.3. The molecule has 0 N–H and O–H groups in total.